The lowest BCUT2D eigenvalue weighted by atomic mass is 10.0. The number of fused-ring (bicyclic) bond motifs is 1. The predicted octanol–water partition coefficient (Wildman–Crippen LogP) is 3.75. The monoisotopic (exact) mass is 455 g/mol. The number of aromatic nitrogens is 3. The van der Waals surface area contributed by atoms with E-state index < -0.39 is 6.04 Å². The number of nitrogens with zero attached hydrogens (tertiary/aromatic N) is 4. The fraction of sp³-hybridized carbons (Fsp3) is 0.259. The van der Waals surface area contributed by atoms with Crippen LogP contribution in [0.3, 0.4) is 0 Å². The molecule has 4 aromatic rings. The smallest absolute Gasteiger partial charge is 0.249 e. The molecule has 1 N–H and O–H groups in total. The fourth-order valence-corrected chi connectivity index (χ4v) is 4.08. The maximum atomic E-state index is 13.4. The van der Waals surface area contributed by atoms with Crippen molar-refractivity contribution in [2.45, 2.75) is 39.8 Å². The molecule has 2 aromatic heterocycles. The van der Waals surface area contributed by atoms with E-state index in [0.29, 0.717) is 12.1 Å². The normalized spacial score (nSPS) is 11.9. The Morgan fingerprint density at radius 1 is 0.971 bits per heavy atom. The molecular formula is C27H29N5O2. The molecule has 2 aromatic carbocycles. The van der Waals surface area contributed by atoms with Crippen molar-refractivity contribution >= 4 is 28.5 Å². The van der Waals surface area contributed by atoms with Gasteiger partial charge in [0, 0.05) is 19.2 Å². The van der Waals surface area contributed by atoms with Crippen LogP contribution >= 0.6 is 0 Å². The van der Waals surface area contributed by atoms with Gasteiger partial charge in [-0.15, -0.1) is 0 Å². The van der Waals surface area contributed by atoms with Crippen molar-refractivity contribution in [3.05, 3.63) is 89.5 Å². The van der Waals surface area contributed by atoms with Crippen molar-refractivity contribution in [2.75, 3.05) is 11.9 Å². The lowest BCUT2D eigenvalue weighted by molar-refractivity contribution is -0.127. The summed E-state index contributed by atoms with van der Waals surface area (Å²) in [7, 11) is 1.70. The summed E-state index contributed by atoms with van der Waals surface area (Å²) in [5.74, 6) is -0.449. The molecule has 1 atom stereocenters. The minimum absolute atomic E-state index is 0.0785. The highest BCUT2D eigenvalue weighted by atomic mass is 16.2. The topological polar surface area (TPSA) is 80.1 Å². The summed E-state index contributed by atoms with van der Waals surface area (Å²) in [6.07, 6.45) is 3.73. The van der Waals surface area contributed by atoms with E-state index in [1.807, 2.05) is 79.9 Å². The SMILES string of the molecule is Cc1ccc(N(C)C(=O)C(Cc2ccccc2)NC(=O)Cn2cnc3c(C)ccc(C)c32)cn1. The highest BCUT2D eigenvalue weighted by Gasteiger charge is 2.26. The Balaban J connectivity index is 1.56. The molecule has 0 aliphatic rings. The van der Waals surface area contributed by atoms with Crippen LogP contribution in [0, 0.1) is 20.8 Å². The van der Waals surface area contributed by atoms with Crippen LogP contribution in [0.15, 0.2) is 67.1 Å². The molecule has 34 heavy (non-hydrogen) atoms. The summed E-state index contributed by atoms with van der Waals surface area (Å²) in [5, 5.41) is 2.97. The Labute approximate surface area is 199 Å². The Morgan fingerprint density at radius 3 is 2.41 bits per heavy atom. The van der Waals surface area contributed by atoms with Crippen molar-refractivity contribution in [1.29, 1.82) is 0 Å². The molecule has 0 aliphatic heterocycles. The van der Waals surface area contributed by atoms with Gasteiger partial charge in [0.2, 0.25) is 11.8 Å². The molecule has 0 spiro atoms. The van der Waals surface area contributed by atoms with Gasteiger partial charge >= 0.3 is 0 Å². The molecule has 0 saturated carbocycles. The highest BCUT2D eigenvalue weighted by Crippen LogP contribution is 2.21. The van der Waals surface area contributed by atoms with Crippen LogP contribution in [0.1, 0.15) is 22.4 Å². The summed E-state index contributed by atoms with van der Waals surface area (Å²) in [6.45, 7) is 5.98. The minimum Gasteiger partial charge on any atom is -0.342 e. The van der Waals surface area contributed by atoms with E-state index in [-0.39, 0.29) is 18.4 Å². The number of hydrogen-bond donors (Lipinski definition) is 1. The molecule has 2 heterocycles. The number of amides is 2. The molecule has 7 heteroatoms. The minimum atomic E-state index is -0.723. The quantitative estimate of drug-likeness (QED) is 0.460. The first-order valence-corrected chi connectivity index (χ1v) is 11.3. The molecule has 174 valence electrons. The maximum Gasteiger partial charge on any atom is 0.249 e. The first-order valence-electron chi connectivity index (χ1n) is 11.3. The zero-order chi connectivity index (χ0) is 24.2. The lowest BCUT2D eigenvalue weighted by Gasteiger charge is -2.25. The molecule has 0 fully saturated rings. The number of anilines is 1. The van der Waals surface area contributed by atoms with Gasteiger partial charge in [-0.25, -0.2) is 4.98 Å². The van der Waals surface area contributed by atoms with Gasteiger partial charge in [0.05, 0.1) is 29.2 Å². The van der Waals surface area contributed by atoms with E-state index in [4.69, 9.17) is 0 Å². The number of nitrogens with one attached hydrogen (secondary N) is 1. The molecular weight excluding hydrogens is 426 g/mol. The number of imidazole rings is 1. The summed E-state index contributed by atoms with van der Waals surface area (Å²) in [4.78, 5) is 36.9. The van der Waals surface area contributed by atoms with Crippen LogP contribution in [-0.4, -0.2) is 39.4 Å². The Hall–Kier alpha value is -4.00. The van der Waals surface area contributed by atoms with Gasteiger partial charge in [-0.3, -0.25) is 14.6 Å². The number of carbonyl (C=O) groups is 2. The van der Waals surface area contributed by atoms with Gasteiger partial charge < -0.3 is 14.8 Å². The van der Waals surface area contributed by atoms with Crippen molar-refractivity contribution in [1.82, 2.24) is 19.9 Å². The van der Waals surface area contributed by atoms with Gasteiger partial charge in [0.1, 0.15) is 12.6 Å². The number of aryl methyl sites for hydroxylation is 3. The molecule has 0 bridgehead atoms. The lowest BCUT2D eigenvalue weighted by Crippen LogP contribution is -2.49. The van der Waals surface area contributed by atoms with Crippen LogP contribution in [-0.2, 0) is 22.6 Å². The molecule has 2 amide bonds. The van der Waals surface area contributed by atoms with Crippen molar-refractivity contribution in [3.8, 4) is 0 Å². The third kappa shape index (κ3) is 4.98. The van der Waals surface area contributed by atoms with Gasteiger partial charge in [-0.1, -0.05) is 42.5 Å². The van der Waals surface area contributed by atoms with Crippen LogP contribution in [0.2, 0.25) is 0 Å². The maximum absolute atomic E-state index is 13.4. The number of benzene rings is 2. The zero-order valence-corrected chi connectivity index (χ0v) is 19.9. The highest BCUT2D eigenvalue weighted by molar-refractivity contribution is 5.99. The molecule has 7 nitrogen and oxygen atoms in total. The summed E-state index contributed by atoms with van der Waals surface area (Å²) < 4.78 is 1.84. The van der Waals surface area contributed by atoms with Crippen LogP contribution < -0.4 is 10.2 Å². The van der Waals surface area contributed by atoms with Crippen molar-refractivity contribution in [3.63, 3.8) is 0 Å². The molecule has 0 aliphatic carbocycles. The van der Waals surface area contributed by atoms with Crippen LogP contribution in [0.4, 0.5) is 5.69 Å². The van der Waals surface area contributed by atoms with E-state index in [9.17, 15) is 9.59 Å². The first-order chi connectivity index (χ1) is 16.3. The van der Waals surface area contributed by atoms with Crippen molar-refractivity contribution < 1.29 is 9.59 Å². The van der Waals surface area contributed by atoms with Gasteiger partial charge in [-0.2, -0.15) is 0 Å². The number of rotatable bonds is 7. The predicted molar refractivity (Wildman–Crippen MR) is 134 cm³/mol. The second-order valence-corrected chi connectivity index (χ2v) is 8.63. The standard InChI is InChI=1S/C27H29N5O2/c1-18-10-11-19(2)26-25(18)29-17-32(26)16-24(33)30-23(14-21-8-6-5-7-9-21)27(34)31(4)22-13-12-20(3)28-15-22/h5-13,15,17,23H,14,16H2,1-4H3,(H,30,33). The fourth-order valence-electron chi connectivity index (χ4n) is 4.08. The third-order valence-electron chi connectivity index (χ3n) is 6.01. The van der Waals surface area contributed by atoms with E-state index in [0.717, 1.165) is 33.4 Å². The number of pyridine rings is 1. The molecule has 0 radical (unpaired) electrons. The average Bonchev–Trinajstić information content (AvgIpc) is 3.26. The summed E-state index contributed by atoms with van der Waals surface area (Å²) in [6, 6.07) is 16.7. The Bertz CT molecular complexity index is 1310. The van der Waals surface area contributed by atoms with E-state index in [2.05, 4.69) is 15.3 Å². The zero-order valence-electron chi connectivity index (χ0n) is 19.9. The molecule has 1 unspecified atom stereocenters. The second-order valence-electron chi connectivity index (χ2n) is 8.63. The van der Waals surface area contributed by atoms with Gasteiger partial charge in [0.15, 0.2) is 0 Å². The van der Waals surface area contributed by atoms with Crippen LogP contribution in [0.5, 0.6) is 0 Å². The first kappa shape index (κ1) is 23.2. The van der Waals surface area contributed by atoms with E-state index in [1.165, 1.54) is 0 Å². The van der Waals surface area contributed by atoms with Gasteiger partial charge in [-0.05, 0) is 49.6 Å². The second kappa shape index (κ2) is 9.87. The number of carbonyl (C=O) groups excluding carboxylic acids is 2. The van der Waals surface area contributed by atoms with Crippen molar-refractivity contribution in [2.24, 2.45) is 0 Å². The van der Waals surface area contributed by atoms with Gasteiger partial charge in [0.25, 0.3) is 0 Å². The molecule has 0 saturated heterocycles. The van der Waals surface area contributed by atoms with E-state index >= 15 is 0 Å². The summed E-state index contributed by atoms with van der Waals surface area (Å²) in [5.41, 5.74) is 6.45. The number of likely N-dealkylation sites (N-methyl/N-ethyl adjacent to an activating group) is 1. The van der Waals surface area contributed by atoms with Crippen LogP contribution in [0.25, 0.3) is 11.0 Å². The Kier molecular flexibility index (Phi) is 6.72. The average molecular weight is 456 g/mol. The number of hydrogen-bond acceptors (Lipinski definition) is 4. The summed E-state index contributed by atoms with van der Waals surface area (Å²) >= 11 is 0. The van der Waals surface area contributed by atoms with E-state index in [1.54, 1.807) is 24.5 Å². The third-order valence-corrected chi connectivity index (χ3v) is 6.01. The Morgan fingerprint density at radius 2 is 1.71 bits per heavy atom. The largest absolute Gasteiger partial charge is 0.342 e. The molecule has 4 rings (SSSR count).